The van der Waals surface area contributed by atoms with Crippen molar-refractivity contribution in [3.63, 3.8) is 0 Å². The van der Waals surface area contributed by atoms with E-state index in [9.17, 15) is 14.4 Å². The Morgan fingerprint density at radius 1 is 1.19 bits per heavy atom. The summed E-state index contributed by atoms with van der Waals surface area (Å²) < 4.78 is 0. The number of fused-ring (bicyclic) bond motifs is 1. The van der Waals surface area contributed by atoms with Crippen LogP contribution in [0.15, 0.2) is 27.8 Å². The number of amides is 1. The third-order valence-electron chi connectivity index (χ3n) is 3.30. The van der Waals surface area contributed by atoms with Crippen LogP contribution in [-0.2, 0) is 4.79 Å². The molecular formula is C14H18N4O3. The molecule has 0 saturated heterocycles. The van der Waals surface area contributed by atoms with Crippen molar-refractivity contribution >= 4 is 22.4 Å². The molecule has 1 atom stereocenters. The van der Waals surface area contributed by atoms with Crippen LogP contribution in [0.25, 0.3) is 10.8 Å². The predicted molar refractivity (Wildman–Crippen MR) is 81.2 cm³/mol. The number of nitrogens with two attached hydrogens (primary N) is 1. The van der Waals surface area contributed by atoms with Crippen LogP contribution >= 0.6 is 0 Å². The Morgan fingerprint density at radius 2 is 1.81 bits per heavy atom. The van der Waals surface area contributed by atoms with Gasteiger partial charge in [0.25, 0.3) is 11.1 Å². The van der Waals surface area contributed by atoms with Gasteiger partial charge in [0.15, 0.2) is 0 Å². The van der Waals surface area contributed by atoms with E-state index in [1.807, 2.05) is 20.8 Å². The highest BCUT2D eigenvalue weighted by molar-refractivity contribution is 6.03. The SMILES string of the molecule is CC(C)(C)[C@H](N)C(=O)Nc1cccc2c(=O)[nH][nH]c(=O)c12. The maximum absolute atomic E-state index is 12.2. The van der Waals surface area contributed by atoms with Gasteiger partial charge in [0.1, 0.15) is 0 Å². The average Bonchev–Trinajstić information content (AvgIpc) is 2.41. The maximum Gasteiger partial charge on any atom is 0.272 e. The van der Waals surface area contributed by atoms with Crippen LogP contribution in [0.1, 0.15) is 20.8 Å². The molecule has 0 aliphatic carbocycles. The minimum absolute atomic E-state index is 0.135. The molecule has 0 aliphatic rings. The molecule has 1 amide bonds. The summed E-state index contributed by atoms with van der Waals surface area (Å²) >= 11 is 0. The first kappa shape index (κ1) is 15.0. The van der Waals surface area contributed by atoms with Crippen molar-refractivity contribution in [2.75, 3.05) is 5.32 Å². The maximum atomic E-state index is 12.2. The fourth-order valence-corrected chi connectivity index (χ4v) is 1.94. The Labute approximate surface area is 120 Å². The molecule has 7 nitrogen and oxygen atoms in total. The van der Waals surface area contributed by atoms with E-state index in [4.69, 9.17) is 5.73 Å². The van der Waals surface area contributed by atoms with Crippen LogP contribution in [0.4, 0.5) is 5.69 Å². The third-order valence-corrected chi connectivity index (χ3v) is 3.30. The summed E-state index contributed by atoms with van der Waals surface area (Å²) in [6.45, 7) is 5.54. The van der Waals surface area contributed by atoms with Gasteiger partial charge in [0.05, 0.1) is 22.5 Å². The van der Waals surface area contributed by atoms with Gasteiger partial charge in [-0.15, -0.1) is 0 Å². The smallest absolute Gasteiger partial charge is 0.272 e. The van der Waals surface area contributed by atoms with Gasteiger partial charge in [-0.2, -0.15) is 0 Å². The van der Waals surface area contributed by atoms with Crippen LogP contribution < -0.4 is 22.2 Å². The second kappa shape index (κ2) is 5.17. The van der Waals surface area contributed by atoms with Gasteiger partial charge in [-0.3, -0.25) is 24.6 Å². The molecule has 21 heavy (non-hydrogen) atoms. The molecule has 1 heterocycles. The first-order valence-electron chi connectivity index (χ1n) is 6.52. The number of rotatable bonds is 2. The number of hydrogen-bond acceptors (Lipinski definition) is 4. The van der Waals surface area contributed by atoms with Gasteiger partial charge in [-0.05, 0) is 17.5 Å². The molecule has 1 aromatic heterocycles. The van der Waals surface area contributed by atoms with Crippen LogP contribution in [0.2, 0.25) is 0 Å². The number of carbonyl (C=O) groups is 1. The van der Waals surface area contributed by atoms with Crippen LogP contribution in [0, 0.1) is 5.41 Å². The standard InChI is InChI=1S/C14H18N4O3/c1-14(2,3)10(15)13(21)16-8-6-4-5-7-9(8)12(20)18-17-11(7)19/h4-6,10H,15H2,1-3H3,(H,16,21)(H,17,19)(H,18,20)/t10-/m1/s1. The number of nitrogens with one attached hydrogen (secondary N) is 3. The molecule has 0 aliphatic heterocycles. The lowest BCUT2D eigenvalue weighted by atomic mass is 9.87. The van der Waals surface area contributed by atoms with E-state index in [0.29, 0.717) is 0 Å². The number of H-pyrrole nitrogens is 2. The Kier molecular flexibility index (Phi) is 3.69. The van der Waals surface area contributed by atoms with Crippen LogP contribution in [0.3, 0.4) is 0 Å². The minimum Gasteiger partial charge on any atom is -0.324 e. The fraction of sp³-hybridized carbons (Fsp3) is 0.357. The highest BCUT2D eigenvalue weighted by Gasteiger charge is 2.27. The average molecular weight is 290 g/mol. The second-order valence-electron chi connectivity index (χ2n) is 5.97. The summed E-state index contributed by atoms with van der Waals surface area (Å²) in [5.74, 6) is -0.408. The van der Waals surface area contributed by atoms with E-state index < -0.39 is 28.5 Å². The van der Waals surface area contributed by atoms with E-state index in [-0.39, 0.29) is 16.5 Å². The third kappa shape index (κ3) is 2.87. The van der Waals surface area contributed by atoms with Crippen molar-refractivity contribution < 1.29 is 4.79 Å². The first-order valence-corrected chi connectivity index (χ1v) is 6.52. The largest absolute Gasteiger partial charge is 0.324 e. The second-order valence-corrected chi connectivity index (χ2v) is 5.97. The highest BCUT2D eigenvalue weighted by Crippen LogP contribution is 2.21. The van der Waals surface area contributed by atoms with Crippen molar-refractivity contribution in [1.82, 2.24) is 10.2 Å². The summed E-state index contributed by atoms with van der Waals surface area (Å²) in [4.78, 5) is 35.8. The van der Waals surface area contributed by atoms with E-state index in [1.54, 1.807) is 12.1 Å². The van der Waals surface area contributed by atoms with Gasteiger partial charge in [0, 0.05) is 0 Å². The molecule has 0 unspecified atom stereocenters. The zero-order valence-corrected chi connectivity index (χ0v) is 12.1. The summed E-state index contributed by atoms with van der Waals surface area (Å²) in [6.07, 6.45) is 0. The van der Waals surface area contributed by atoms with Crippen molar-refractivity contribution in [3.05, 3.63) is 38.9 Å². The number of aromatic nitrogens is 2. The first-order chi connectivity index (χ1) is 9.71. The van der Waals surface area contributed by atoms with Crippen LogP contribution in [-0.4, -0.2) is 22.1 Å². The Hall–Kier alpha value is -2.41. The molecular weight excluding hydrogens is 272 g/mol. The van der Waals surface area contributed by atoms with E-state index >= 15 is 0 Å². The Morgan fingerprint density at radius 3 is 2.43 bits per heavy atom. The number of hydrogen-bond donors (Lipinski definition) is 4. The number of anilines is 1. The van der Waals surface area contributed by atoms with Gasteiger partial charge in [-0.25, -0.2) is 0 Å². The monoisotopic (exact) mass is 290 g/mol. The van der Waals surface area contributed by atoms with E-state index in [0.717, 1.165) is 0 Å². The normalized spacial score (nSPS) is 13.1. The molecule has 5 N–H and O–H groups in total. The van der Waals surface area contributed by atoms with Crippen molar-refractivity contribution in [2.45, 2.75) is 26.8 Å². The number of benzene rings is 1. The number of aromatic amines is 2. The lowest BCUT2D eigenvalue weighted by Gasteiger charge is -2.25. The zero-order chi connectivity index (χ0) is 15.8. The lowest BCUT2D eigenvalue weighted by molar-refractivity contribution is -0.119. The Bertz CT molecular complexity index is 798. The summed E-state index contributed by atoms with van der Waals surface area (Å²) in [5, 5.41) is 7.45. The van der Waals surface area contributed by atoms with Gasteiger partial charge >= 0.3 is 0 Å². The molecule has 0 bridgehead atoms. The lowest BCUT2D eigenvalue weighted by Crippen LogP contribution is -2.45. The highest BCUT2D eigenvalue weighted by atomic mass is 16.2. The molecule has 2 rings (SSSR count). The molecule has 112 valence electrons. The van der Waals surface area contributed by atoms with Crippen molar-refractivity contribution in [3.8, 4) is 0 Å². The molecule has 0 fully saturated rings. The van der Waals surface area contributed by atoms with Gasteiger partial charge in [-0.1, -0.05) is 26.8 Å². The molecule has 7 heteroatoms. The minimum atomic E-state index is -0.742. The molecule has 0 spiro atoms. The van der Waals surface area contributed by atoms with E-state index in [2.05, 4.69) is 15.5 Å². The molecule has 1 aromatic carbocycles. The molecule has 2 aromatic rings. The Balaban J connectivity index is 2.50. The summed E-state index contributed by atoms with van der Waals surface area (Å²) in [5.41, 5.74) is 4.83. The summed E-state index contributed by atoms with van der Waals surface area (Å²) in [7, 11) is 0. The van der Waals surface area contributed by atoms with Crippen LogP contribution in [0.5, 0.6) is 0 Å². The van der Waals surface area contributed by atoms with Gasteiger partial charge < -0.3 is 11.1 Å². The topological polar surface area (TPSA) is 121 Å². The fourth-order valence-electron chi connectivity index (χ4n) is 1.94. The van der Waals surface area contributed by atoms with E-state index in [1.165, 1.54) is 6.07 Å². The molecule has 0 saturated carbocycles. The predicted octanol–water partition coefficient (Wildman–Crippen LogP) is 0.528. The zero-order valence-electron chi connectivity index (χ0n) is 12.1. The molecule has 0 radical (unpaired) electrons. The quantitative estimate of drug-likeness (QED) is 0.644. The summed E-state index contributed by atoms with van der Waals surface area (Å²) in [6, 6.07) is 3.93. The van der Waals surface area contributed by atoms with Gasteiger partial charge in [0.2, 0.25) is 5.91 Å². The van der Waals surface area contributed by atoms with Crippen molar-refractivity contribution in [2.24, 2.45) is 11.1 Å². The van der Waals surface area contributed by atoms with Crippen molar-refractivity contribution in [1.29, 1.82) is 0 Å². The number of carbonyl (C=O) groups excluding carboxylic acids is 1.